The number of rotatable bonds is 3. The van der Waals surface area contributed by atoms with E-state index < -0.39 is 0 Å². The Morgan fingerprint density at radius 1 is 0.636 bits per heavy atom. The highest BCUT2D eigenvalue weighted by Gasteiger charge is 2.17. The highest BCUT2D eigenvalue weighted by molar-refractivity contribution is 6.13. The first kappa shape index (κ1) is 19.0. The minimum Gasteiger partial charge on any atom is -0.309 e. The van der Waals surface area contributed by atoms with Crippen LogP contribution in [-0.4, -0.2) is 9.55 Å². The van der Waals surface area contributed by atoms with Gasteiger partial charge >= 0.3 is 0 Å². The maximum atomic E-state index is 9.99. The predicted molar refractivity (Wildman–Crippen MR) is 134 cm³/mol. The Labute approximate surface area is 191 Å². The van der Waals surface area contributed by atoms with Gasteiger partial charge in [0.1, 0.15) is 0 Å². The van der Waals surface area contributed by atoms with E-state index in [2.05, 4.69) is 88.4 Å². The van der Waals surface area contributed by atoms with Crippen molar-refractivity contribution in [3.63, 3.8) is 0 Å². The maximum absolute atomic E-state index is 9.99. The van der Waals surface area contributed by atoms with Crippen LogP contribution in [0.2, 0.25) is 0 Å². The molecule has 6 rings (SSSR count). The summed E-state index contributed by atoms with van der Waals surface area (Å²) in [7, 11) is 0. The number of hydrogen-bond acceptors (Lipinski definition) is 2. The average Bonchev–Trinajstić information content (AvgIpc) is 3.24. The van der Waals surface area contributed by atoms with Gasteiger partial charge in [-0.15, -0.1) is 0 Å². The zero-order valence-corrected chi connectivity index (χ0v) is 17.8. The van der Waals surface area contributed by atoms with E-state index in [0.29, 0.717) is 5.56 Å². The lowest BCUT2D eigenvalue weighted by atomic mass is 10.00. The second kappa shape index (κ2) is 7.78. The predicted octanol–water partition coefficient (Wildman–Crippen LogP) is 7.38. The summed E-state index contributed by atoms with van der Waals surface area (Å²) in [6.07, 6.45) is 3.51. The van der Waals surface area contributed by atoms with Gasteiger partial charge in [-0.1, -0.05) is 72.8 Å². The average molecular weight is 422 g/mol. The molecule has 0 saturated heterocycles. The largest absolute Gasteiger partial charge is 0.309 e. The van der Waals surface area contributed by atoms with Crippen molar-refractivity contribution in [3.05, 3.63) is 121 Å². The molecule has 0 unspecified atom stereocenters. The minimum atomic E-state index is 0.641. The lowest BCUT2D eigenvalue weighted by molar-refractivity contribution is 1.18. The second-order valence-electron chi connectivity index (χ2n) is 8.00. The van der Waals surface area contributed by atoms with Crippen LogP contribution in [0, 0.1) is 11.3 Å². The third kappa shape index (κ3) is 3.09. The Kier molecular flexibility index (Phi) is 4.49. The van der Waals surface area contributed by atoms with Crippen molar-refractivity contribution in [2.24, 2.45) is 0 Å². The summed E-state index contributed by atoms with van der Waals surface area (Å²) < 4.78 is 2.28. The number of aromatic nitrogens is 2. The van der Waals surface area contributed by atoms with Crippen LogP contribution in [0.3, 0.4) is 0 Å². The summed E-state index contributed by atoms with van der Waals surface area (Å²) in [5.74, 6) is 0. The molecule has 154 valence electrons. The topological polar surface area (TPSA) is 41.6 Å². The van der Waals surface area contributed by atoms with Crippen LogP contribution in [-0.2, 0) is 0 Å². The Bertz CT molecular complexity index is 1660. The number of pyridine rings is 1. The number of para-hydroxylation sites is 2. The lowest BCUT2D eigenvalue weighted by Gasteiger charge is -2.13. The molecule has 3 nitrogen and oxygen atoms in total. The van der Waals surface area contributed by atoms with Gasteiger partial charge in [-0.3, -0.25) is 4.98 Å². The summed E-state index contributed by atoms with van der Waals surface area (Å²) in [6, 6.07) is 37.8. The molecule has 6 aromatic rings. The van der Waals surface area contributed by atoms with Gasteiger partial charge in [-0.2, -0.15) is 5.26 Å². The zero-order valence-electron chi connectivity index (χ0n) is 17.8. The highest BCUT2D eigenvalue weighted by atomic mass is 15.0. The van der Waals surface area contributed by atoms with E-state index in [1.165, 1.54) is 21.9 Å². The van der Waals surface area contributed by atoms with Gasteiger partial charge in [0, 0.05) is 34.4 Å². The number of nitrogens with zero attached hydrogens (tertiary/aromatic N) is 3. The van der Waals surface area contributed by atoms with Gasteiger partial charge in [0.05, 0.1) is 22.7 Å². The van der Waals surface area contributed by atoms with E-state index in [4.69, 9.17) is 0 Å². The van der Waals surface area contributed by atoms with Crippen LogP contribution in [0.25, 0.3) is 49.7 Å². The number of benzene rings is 4. The Morgan fingerprint density at radius 3 is 2.18 bits per heavy atom. The number of fused-ring (bicyclic) bond motifs is 3. The van der Waals surface area contributed by atoms with E-state index in [1.54, 1.807) is 12.4 Å². The molecule has 3 heteroatoms. The van der Waals surface area contributed by atoms with Crippen molar-refractivity contribution in [1.82, 2.24) is 9.55 Å². The molecule has 0 amide bonds. The van der Waals surface area contributed by atoms with Crippen LogP contribution in [0.1, 0.15) is 5.56 Å². The summed E-state index contributed by atoms with van der Waals surface area (Å²) in [5.41, 5.74) is 8.11. The molecule has 0 N–H and O–H groups in total. The molecule has 2 heterocycles. The van der Waals surface area contributed by atoms with Gasteiger partial charge in [0.15, 0.2) is 0 Å². The fourth-order valence-corrected chi connectivity index (χ4v) is 4.68. The van der Waals surface area contributed by atoms with Crippen LogP contribution in [0.4, 0.5) is 0 Å². The number of hydrogen-bond donors (Lipinski definition) is 0. The molecule has 0 saturated carbocycles. The van der Waals surface area contributed by atoms with Crippen molar-refractivity contribution in [2.45, 2.75) is 0 Å². The molecule has 0 bridgehead atoms. The van der Waals surface area contributed by atoms with Crippen molar-refractivity contribution in [1.29, 1.82) is 5.26 Å². The van der Waals surface area contributed by atoms with E-state index >= 15 is 0 Å². The Hall–Kier alpha value is -4.68. The highest BCUT2D eigenvalue weighted by Crippen LogP contribution is 2.38. The van der Waals surface area contributed by atoms with Crippen LogP contribution < -0.4 is 0 Å². The molecule has 0 aliphatic heterocycles. The van der Waals surface area contributed by atoms with Crippen molar-refractivity contribution in [3.8, 4) is 34.0 Å². The third-order valence-corrected chi connectivity index (χ3v) is 6.15. The van der Waals surface area contributed by atoms with E-state index in [9.17, 15) is 5.26 Å². The molecule has 0 atom stereocenters. The summed E-state index contributed by atoms with van der Waals surface area (Å²) in [4.78, 5) is 4.10. The summed E-state index contributed by atoms with van der Waals surface area (Å²) in [5, 5.41) is 12.4. The van der Waals surface area contributed by atoms with E-state index in [1.807, 2.05) is 30.3 Å². The second-order valence-corrected chi connectivity index (χ2v) is 8.00. The van der Waals surface area contributed by atoms with Gasteiger partial charge in [-0.05, 0) is 47.0 Å². The Balaban J connectivity index is 1.68. The first-order valence-electron chi connectivity index (χ1n) is 10.9. The molecule has 0 fully saturated rings. The lowest BCUT2D eigenvalue weighted by Crippen LogP contribution is -1.97. The fourth-order valence-electron chi connectivity index (χ4n) is 4.68. The van der Waals surface area contributed by atoms with Crippen molar-refractivity contribution in [2.75, 3.05) is 0 Å². The Morgan fingerprint density at radius 2 is 1.36 bits per heavy atom. The molecule has 2 aromatic heterocycles. The van der Waals surface area contributed by atoms with Crippen molar-refractivity contribution < 1.29 is 0 Å². The SMILES string of the molecule is N#Cc1cc(-n2c3ccccc3c3cccc(-c4ccccc4)c32)ccc1-c1ccncc1. The maximum Gasteiger partial charge on any atom is 0.0998 e. The summed E-state index contributed by atoms with van der Waals surface area (Å²) in [6.45, 7) is 0. The molecule has 33 heavy (non-hydrogen) atoms. The fraction of sp³-hybridized carbons (Fsp3) is 0. The normalized spacial score (nSPS) is 11.0. The minimum absolute atomic E-state index is 0.641. The monoisotopic (exact) mass is 421 g/mol. The standard InChI is InChI=1S/C30H19N3/c31-20-23-19-24(13-14-25(23)22-15-17-32-18-16-22)33-29-12-5-4-9-27(29)28-11-6-10-26(30(28)33)21-7-2-1-3-8-21/h1-19H. The quantitative estimate of drug-likeness (QED) is 0.299. The molecule has 4 aromatic carbocycles. The van der Waals surface area contributed by atoms with E-state index in [-0.39, 0.29) is 0 Å². The van der Waals surface area contributed by atoms with E-state index in [0.717, 1.165) is 27.8 Å². The third-order valence-electron chi connectivity index (χ3n) is 6.15. The first-order valence-corrected chi connectivity index (χ1v) is 10.9. The van der Waals surface area contributed by atoms with Crippen LogP contribution >= 0.6 is 0 Å². The van der Waals surface area contributed by atoms with Crippen LogP contribution in [0.15, 0.2) is 116 Å². The summed E-state index contributed by atoms with van der Waals surface area (Å²) >= 11 is 0. The van der Waals surface area contributed by atoms with Crippen molar-refractivity contribution >= 4 is 21.8 Å². The zero-order chi connectivity index (χ0) is 22.2. The smallest absolute Gasteiger partial charge is 0.0998 e. The van der Waals surface area contributed by atoms with Gasteiger partial charge in [-0.25, -0.2) is 0 Å². The van der Waals surface area contributed by atoms with Gasteiger partial charge < -0.3 is 4.57 Å². The first-order chi connectivity index (χ1) is 16.3. The number of nitriles is 1. The molecule has 0 spiro atoms. The molecular weight excluding hydrogens is 402 g/mol. The molecule has 0 aliphatic carbocycles. The van der Waals surface area contributed by atoms with Crippen LogP contribution in [0.5, 0.6) is 0 Å². The molecular formula is C30H19N3. The molecule has 0 aliphatic rings. The van der Waals surface area contributed by atoms with Gasteiger partial charge in [0.25, 0.3) is 0 Å². The van der Waals surface area contributed by atoms with Gasteiger partial charge in [0.2, 0.25) is 0 Å². The molecule has 0 radical (unpaired) electrons.